The number of piperazine rings is 1. The summed E-state index contributed by atoms with van der Waals surface area (Å²) < 4.78 is 10.2. The summed E-state index contributed by atoms with van der Waals surface area (Å²) in [6.07, 6.45) is 0. The van der Waals surface area contributed by atoms with E-state index in [1.165, 1.54) is 12.8 Å². The van der Waals surface area contributed by atoms with Crippen molar-refractivity contribution in [3.63, 3.8) is 0 Å². The van der Waals surface area contributed by atoms with Gasteiger partial charge < -0.3 is 19.7 Å². The molecule has 4 rings (SSSR count). The SMILES string of the molecule is COC(=O)c1cc(OC)ccc1NCC(C(=O)c1ccccc1)N1CCN(c2ccccc2)CC1. The topological polar surface area (TPSA) is 71.1 Å². The number of methoxy groups -OCH3 is 2. The summed E-state index contributed by atoms with van der Waals surface area (Å²) in [5.41, 5.74) is 2.84. The zero-order valence-corrected chi connectivity index (χ0v) is 20.1. The van der Waals surface area contributed by atoms with Gasteiger partial charge in [-0.15, -0.1) is 0 Å². The Labute approximate surface area is 206 Å². The van der Waals surface area contributed by atoms with Crippen LogP contribution in [0.25, 0.3) is 0 Å². The smallest absolute Gasteiger partial charge is 0.340 e. The highest BCUT2D eigenvalue weighted by Crippen LogP contribution is 2.24. The van der Waals surface area contributed by atoms with Gasteiger partial charge >= 0.3 is 5.97 Å². The quantitative estimate of drug-likeness (QED) is 0.373. The Kier molecular flexibility index (Phi) is 8.00. The number of para-hydroxylation sites is 1. The van der Waals surface area contributed by atoms with Crippen LogP contribution in [0.3, 0.4) is 0 Å². The molecule has 182 valence electrons. The van der Waals surface area contributed by atoms with Gasteiger partial charge in [-0.25, -0.2) is 4.79 Å². The van der Waals surface area contributed by atoms with E-state index >= 15 is 0 Å². The third-order valence-corrected chi connectivity index (χ3v) is 6.36. The van der Waals surface area contributed by atoms with E-state index < -0.39 is 5.97 Å². The van der Waals surface area contributed by atoms with E-state index in [0.717, 1.165) is 26.2 Å². The van der Waals surface area contributed by atoms with E-state index in [-0.39, 0.29) is 11.8 Å². The lowest BCUT2D eigenvalue weighted by Gasteiger charge is -2.40. The second-order valence-corrected chi connectivity index (χ2v) is 8.39. The molecule has 0 bridgehead atoms. The van der Waals surface area contributed by atoms with Gasteiger partial charge in [-0.2, -0.15) is 0 Å². The summed E-state index contributed by atoms with van der Waals surface area (Å²) in [6, 6.07) is 24.5. The molecule has 0 amide bonds. The Morgan fingerprint density at radius 1 is 0.886 bits per heavy atom. The van der Waals surface area contributed by atoms with Crippen molar-refractivity contribution in [1.82, 2.24) is 4.90 Å². The molecule has 1 saturated heterocycles. The van der Waals surface area contributed by atoms with Crippen LogP contribution < -0.4 is 15.0 Å². The first-order valence-corrected chi connectivity index (χ1v) is 11.7. The molecule has 1 unspecified atom stereocenters. The number of esters is 1. The maximum absolute atomic E-state index is 13.6. The fourth-order valence-electron chi connectivity index (χ4n) is 4.40. The van der Waals surface area contributed by atoms with Crippen LogP contribution in [0.5, 0.6) is 5.75 Å². The number of rotatable bonds is 9. The lowest BCUT2D eigenvalue weighted by molar-refractivity contribution is 0.0601. The Morgan fingerprint density at radius 2 is 1.54 bits per heavy atom. The van der Waals surface area contributed by atoms with Crippen LogP contribution >= 0.6 is 0 Å². The molecular weight excluding hydrogens is 442 g/mol. The molecule has 0 spiro atoms. The number of benzene rings is 3. The van der Waals surface area contributed by atoms with Gasteiger partial charge in [-0.05, 0) is 30.3 Å². The fraction of sp³-hybridized carbons (Fsp3) is 0.286. The van der Waals surface area contributed by atoms with Crippen LogP contribution in [0, 0.1) is 0 Å². The summed E-state index contributed by atoms with van der Waals surface area (Å²) in [7, 11) is 2.90. The van der Waals surface area contributed by atoms with Crippen molar-refractivity contribution in [2.75, 3.05) is 57.2 Å². The molecule has 1 aliphatic rings. The van der Waals surface area contributed by atoms with Gasteiger partial charge in [0.1, 0.15) is 5.75 Å². The molecule has 0 aliphatic carbocycles. The first kappa shape index (κ1) is 24.3. The average molecular weight is 474 g/mol. The number of hydrogen-bond acceptors (Lipinski definition) is 7. The summed E-state index contributed by atoms with van der Waals surface area (Å²) >= 11 is 0. The van der Waals surface area contributed by atoms with Crippen LogP contribution in [0.1, 0.15) is 20.7 Å². The van der Waals surface area contributed by atoms with Crippen LogP contribution in [-0.4, -0.2) is 69.6 Å². The molecule has 3 aromatic carbocycles. The van der Waals surface area contributed by atoms with E-state index in [1.807, 2.05) is 48.5 Å². The molecule has 0 aromatic heterocycles. The highest BCUT2D eigenvalue weighted by molar-refractivity contribution is 6.01. The van der Waals surface area contributed by atoms with Gasteiger partial charge in [0.15, 0.2) is 5.78 Å². The molecule has 1 fully saturated rings. The standard InChI is InChI=1S/C28H31N3O4/c1-34-23-13-14-25(24(19-23)28(33)35-2)29-20-26(27(32)21-9-5-3-6-10-21)31-17-15-30(16-18-31)22-11-7-4-8-12-22/h3-14,19,26,29H,15-18,20H2,1-2H3. The molecule has 1 N–H and O–H groups in total. The molecule has 7 heteroatoms. The third kappa shape index (κ3) is 5.81. The Balaban J connectivity index is 1.53. The lowest BCUT2D eigenvalue weighted by Crippen LogP contribution is -2.55. The highest BCUT2D eigenvalue weighted by Gasteiger charge is 2.30. The molecular formula is C28H31N3O4. The first-order chi connectivity index (χ1) is 17.1. The van der Waals surface area contributed by atoms with Crippen molar-refractivity contribution in [3.8, 4) is 5.75 Å². The maximum Gasteiger partial charge on any atom is 0.340 e. The number of ether oxygens (including phenoxy) is 2. The van der Waals surface area contributed by atoms with E-state index in [2.05, 4.69) is 27.2 Å². The second kappa shape index (κ2) is 11.5. The van der Waals surface area contributed by atoms with Gasteiger partial charge in [0, 0.05) is 49.7 Å². The summed E-state index contributed by atoms with van der Waals surface area (Å²) in [5, 5.41) is 3.34. The summed E-state index contributed by atoms with van der Waals surface area (Å²) in [6.45, 7) is 3.53. The van der Waals surface area contributed by atoms with Crippen LogP contribution in [0.2, 0.25) is 0 Å². The molecule has 1 atom stereocenters. The monoisotopic (exact) mass is 473 g/mol. The largest absolute Gasteiger partial charge is 0.497 e. The fourth-order valence-corrected chi connectivity index (χ4v) is 4.40. The van der Waals surface area contributed by atoms with Crippen molar-refractivity contribution in [2.24, 2.45) is 0 Å². The normalized spacial score (nSPS) is 14.7. The number of Topliss-reactive ketones (excluding diaryl/α,β-unsaturated/α-hetero) is 1. The molecule has 7 nitrogen and oxygen atoms in total. The van der Waals surface area contributed by atoms with E-state index in [1.54, 1.807) is 25.3 Å². The minimum atomic E-state index is -0.464. The van der Waals surface area contributed by atoms with Crippen LogP contribution in [0.15, 0.2) is 78.9 Å². The first-order valence-electron chi connectivity index (χ1n) is 11.7. The van der Waals surface area contributed by atoms with Crippen LogP contribution in [-0.2, 0) is 4.74 Å². The number of nitrogens with one attached hydrogen (secondary N) is 1. The summed E-state index contributed by atoms with van der Waals surface area (Å²) in [4.78, 5) is 30.5. The predicted molar refractivity (Wildman–Crippen MR) is 138 cm³/mol. The second-order valence-electron chi connectivity index (χ2n) is 8.39. The number of ketones is 1. The van der Waals surface area contributed by atoms with Gasteiger partial charge in [-0.1, -0.05) is 48.5 Å². The van der Waals surface area contributed by atoms with E-state index in [0.29, 0.717) is 29.1 Å². The number of nitrogens with zero attached hydrogens (tertiary/aromatic N) is 2. The average Bonchev–Trinajstić information content (AvgIpc) is 2.94. The maximum atomic E-state index is 13.6. The zero-order chi connectivity index (χ0) is 24.6. The molecule has 1 heterocycles. The van der Waals surface area contributed by atoms with Gasteiger partial charge in [0.05, 0.1) is 25.8 Å². The lowest BCUT2D eigenvalue weighted by atomic mass is 10.0. The Bertz CT molecular complexity index is 1130. The van der Waals surface area contributed by atoms with Crippen molar-refractivity contribution in [2.45, 2.75) is 6.04 Å². The van der Waals surface area contributed by atoms with Crippen molar-refractivity contribution in [1.29, 1.82) is 0 Å². The van der Waals surface area contributed by atoms with Crippen molar-refractivity contribution >= 4 is 23.1 Å². The van der Waals surface area contributed by atoms with E-state index in [4.69, 9.17) is 9.47 Å². The zero-order valence-electron chi connectivity index (χ0n) is 20.1. The predicted octanol–water partition coefficient (Wildman–Crippen LogP) is 3.97. The highest BCUT2D eigenvalue weighted by atomic mass is 16.5. The molecule has 0 radical (unpaired) electrons. The third-order valence-electron chi connectivity index (χ3n) is 6.36. The van der Waals surface area contributed by atoms with Gasteiger partial charge in [0.25, 0.3) is 0 Å². The molecule has 35 heavy (non-hydrogen) atoms. The van der Waals surface area contributed by atoms with Gasteiger partial charge in [-0.3, -0.25) is 9.69 Å². The number of carbonyl (C=O) groups is 2. The Hall–Kier alpha value is -3.84. The molecule has 0 saturated carbocycles. The van der Waals surface area contributed by atoms with Crippen molar-refractivity contribution in [3.05, 3.63) is 90.0 Å². The van der Waals surface area contributed by atoms with Gasteiger partial charge in [0.2, 0.25) is 0 Å². The number of carbonyl (C=O) groups excluding carboxylic acids is 2. The molecule has 3 aromatic rings. The van der Waals surface area contributed by atoms with Crippen LogP contribution in [0.4, 0.5) is 11.4 Å². The number of hydrogen-bond donors (Lipinski definition) is 1. The van der Waals surface area contributed by atoms with Crippen molar-refractivity contribution < 1.29 is 19.1 Å². The summed E-state index contributed by atoms with van der Waals surface area (Å²) in [5.74, 6) is 0.151. The minimum absolute atomic E-state index is 0.0550. The number of anilines is 2. The minimum Gasteiger partial charge on any atom is -0.497 e. The Morgan fingerprint density at radius 3 is 2.17 bits per heavy atom. The molecule has 1 aliphatic heterocycles. The van der Waals surface area contributed by atoms with E-state index in [9.17, 15) is 9.59 Å².